The second-order valence-corrected chi connectivity index (χ2v) is 10.5. The maximum Gasteiger partial charge on any atom is 0.166 e. The van der Waals surface area contributed by atoms with Crippen molar-refractivity contribution in [1.29, 1.82) is 0 Å². The second kappa shape index (κ2) is 11.9. The van der Waals surface area contributed by atoms with E-state index in [0.29, 0.717) is 42.4 Å². The number of Topliss-reactive ketones (excluding diaryl/α,β-unsaturated/α-hetero) is 1. The van der Waals surface area contributed by atoms with E-state index >= 15 is 0 Å². The van der Waals surface area contributed by atoms with Gasteiger partial charge < -0.3 is 29.6 Å². The number of para-hydroxylation sites is 3. The van der Waals surface area contributed by atoms with Gasteiger partial charge in [0, 0.05) is 23.3 Å². The molecule has 40 heavy (non-hydrogen) atoms. The molecule has 0 saturated carbocycles. The molecule has 0 amide bonds. The van der Waals surface area contributed by atoms with E-state index < -0.39 is 6.04 Å². The summed E-state index contributed by atoms with van der Waals surface area (Å²) in [4.78, 5) is 14.1. The molecule has 0 aromatic heterocycles. The summed E-state index contributed by atoms with van der Waals surface area (Å²) < 4.78 is 23.5. The molecule has 1 heterocycles. The van der Waals surface area contributed by atoms with Crippen LogP contribution in [0.1, 0.15) is 63.1 Å². The number of fused-ring (bicyclic) bond motifs is 1. The summed E-state index contributed by atoms with van der Waals surface area (Å²) in [6.45, 7) is 6.60. The summed E-state index contributed by atoms with van der Waals surface area (Å²) in [5, 5.41) is 7.28. The molecule has 7 heteroatoms. The Morgan fingerprint density at radius 3 is 2.40 bits per heavy atom. The topological polar surface area (TPSA) is 78.1 Å². The van der Waals surface area contributed by atoms with Crippen LogP contribution in [-0.4, -0.2) is 32.7 Å². The normalized spacial score (nSPS) is 18.2. The van der Waals surface area contributed by atoms with Crippen LogP contribution in [0, 0.1) is 0 Å². The zero-order chi connectivity index (χ0) is 28.2. The first-order valence-corrected chi connectivity index (χ1v) is 14.0. The predicted octanol–water partition coefficient (Wildman–Crippen LogP) is 7.26. The monoisotopic (exact) mass is 542 g/mol. The van der Waals surface area contributed by atoms with Crippen LogP contribution in [0.25, 0.3) is 0 Å². The molecule has 0 bridgehead atoms. The highest BCUT2D eigenvalue weighted by molar-refractivity contribution is 6.01. The molecule has 2 unspecified atom stereocenters. The first-order valence-electron chi connectivity index (χ1n) is 14.0. The molecule has 0 fully saturated rings. The highest BCUT2D eigenvalue weighted by Crippen LogP contribution is 2.48. The van der Waals surface area contributed by atoms with Gasteiger partial charge in [-0.1, -0.05) is 37.3 Å². The number of ether oxygens (including phenoxy) is 4. The van der Waals surface area contributed by atoms with Gasteiger partial charge in [-0.3, -0.25) is 4.79 Å². The van der Waals surface area contributed by atoms with Crippen LogP contribution in [0.2, 0.25) is 0 Å². The van der Waals surface area contributed by atoms with Gasteiger partial charge in [-0.25, -0.2) is 0 Å². The van der Waals surface area contributed by atoms with E-state index in [2.05, 4.69) is 17.6 Å². The third-order valence-corrected chi connectivity index (χ3v) is 7.32. The number of hydrogen-bond donors (Lipinski definition) is 2. The third kappa shape index (κ3) is 5.46. The minimum absolute atomic E-state index is 0.00668. The number of benzene rings is 3. The zero-order valence-corrected chi connectivity index (χ0v) is 23.9. The summed E-state index contributed by atoms with van der Waals surface area (Å²) in [5.41, 5.74) is 5.42. The van der Waals surface area contributed by atoms with Crippen molar-refractivity contribution < 1.29 is 23.7 Å². The van der Waals surface area contributed by atoms with Crippen LogP contribution in [0.3, 0.4) is 0 Å². The number of rotatable bonds is 9. The van der Waals surface area contributed by atoms with Crippen molar-refractivity contribution in [2.75, 3.05) is 31.5 Å². The number of hydrogen-bond acceptors (Lipinski definition) is 7. The van der Waals surface area contributed by atoms with E-state index in [9.17, 15) is 4.79 Å². The van der Waals surface area contributed by atoms with Gasteiger partial charge in [0.25, 0.3) is 0 Å². The minimum Gasteiger partial charge on any atom is -0.493 e. The van der Waals surface area contributed by atoms with Crippen molar-refractivity contribution in [3.8, 4) is 23.0 Å². The molecule has 2 N–H and O–H groups in total. The highest BCUT2D eigenvalue weighted by atomic mass is 16.5. The quantitative estimate of drug-likeness (QED) is 0.295. The average Bonchev–Trinajstić information content (AvgIpc) is 3.12. The molecule has 0 radical (unpaired) electrons. The molecule has 3 aromatic rings. The van der Waals surface area contributed by atoms with Crippen LogP contribution >= 0.6 is 0 Å². The van der Waals surface area contributed by atoms with Gasteiger partial charge >= 0.3 is 0 Å². The summed E-state index contributed by atoms with van der Waals surface area (Å²) >= 11 is 0. The van der Waals surface area contributed by atoms with E-state index in [-0.39, 0.29) is 17.8 Å². The molecule has 0 saturated heterocycles. The van der Waals surface area contributed by atoms with Crippen LogP contribution in [0.15, 0.2) is 71.9 Å². The Balaban J connectivity index is 1.59. The van der Waals surface area contributed by atoms with E-state index in [1.807, 2.05) is 74.5 Å². The van der Waals surface area contributed by atoms with Crippen LogP contribution < -0.4 is 29.6 Å². The zero-order valence-electron chi connectivity index (χ0n) is 23.9. The summed E-state index contributed by atoms with van der Waals surface area (Å²) in [7, 11) is 3.29. The fraction of sp³-hybridized carbons (Fsp3) is 0.364. The van der Waals surface area contributed by atoms with E-state index in [1.165, 1.54) is 0 Å². The molecule has 5 rings (SSSR count). The highest BCUT2D eigenvalue weighted by Gasteiger charge is 2.37. The maximum absolute atomic E-state index is 14.1. The summed E-state index contributed by atoms with van der Waals surface area (Å²) in [5.74, 6) is 2.77. The Morgan fingerprint density at radius 2 is 1.68 bits per heavy atom. The lowest BCUT2D eigenvalue weighted by atomic mass is 9.78. The van der Waals surface area contributed by atoms with Crippen LogP contribution in [0.4, 0.5) is 11.4 Å². The Kier molecular flexibility index (Phi) is 8.19. The maximum atomic E-state index is 14.1. The summed E-state index contributed by atoms with van der Waals surface area (Å²) in [6, 6.07) is 19.5. The van der Waals surface area contributed by atoms with Crippen molar-refractivity contribution in [2.24, 2.45) is 0 Å². The molecular weight excluding hydrogens is 504 g/mol. The Labute approximate surface area is 236 Å². The van der Waals surface area contributed by atoms with Gasteiger partial charge in [-0.05, 0) is 68.5 Å². The fourth-order valence-electron chi connectivity index (χ4n) is 5.53. The van der Waals surface area contributed by atoms with Crippen molar-refractivity contribution in [1.82, 2.24) is 0 Å². The van der Waals surface area contributed by atoms with Crippen molar-refractivity contribution >= 4 is 17.2 Å². The van der Waals surface area contributed by atoms with Crippen molar-refractivity contribution in [3.05, 3.63) is 83.1 Å². The fourth-order valence-corrected chi connectivity index (χ4v) is 5.53. The number of carbonyl (C=O) groups is 1. The molecule has 210 valence electrons. The number of methoxy groups -OCH3 is 2. The smallest absolute Gasteiger partial charge is 0.166 e. The van der Waals surface area contributed by atoms with Crippen LogP contribution in [0.5, 0.6) is 23.0 Å². The molecule has 0 spiro atoms. The summed E-state index contributed by atoms with van der Waals surface area (Å²) in [6.07, 6.45) is 1.96. The lowest BCUT2D eigenvalue weighted by Crippen LogP contribution is -2.27. The Bertz CT molecular complexity index is 1410. The molecule has 1 aliphatic heterocycles. The lowest BCUT2D eigenvalue weighted by Gasteiger charge is -2.31. The van der Waals surface area contributed by atoms with Gasteiger partial charge in [0.05, 0.1) is 44.3 Å². The van der Waals surface area contributed by atoms with Crippen LogP contribution in [-0.2, 0) is 4.79 Å². The lowest BCUT2D eigenvalue weighted by molar-refractivity contribution is -0.116. The Hall–Kier alpha value is -4.13. The van der Waals surface area contributed by atoms with E-state index in [4.69, 9.17) is 18.9 Å². The van der Waals surface area contributed by atoms with Gasteiger partial charge in [0.2, 0.25) is 0 Å². The number of anilines is 2. The number of nitrogens with one attached hydrogen (secondary N) is 2. The predicted molar refractivity (Wildman–Crippen MR) is 158 cm³/mol. The molecule has 1 aliphatic carbocycles. The van der Waals surface area contributed by atoms with E-state index in [0.717, 1.165) is 40.2 Å². The standard InChI is InChI=1S/C33H38N2O5/c1-6-16-39-33-23(10-9-13-29(33)37-4)32-31-26(34-24-11-7-8-12-25(24)35-32)17-22(18-27(31)36)21-14-15-28(40-20(2)3)30(19-21)38-5/h7-15,19-20,22,32,34-35H,6,16-18H2,1-5H3. The van der Waals surface area contributed by atoms with Gasteiger partial charge in [-0.15, -0.1) is 0 Å². The number of ketones is 1. The average molecular weight is 543 g/mol. The minimum atomic E-state index is -0.405. The SMILES string of the molecule is CCCOc1c(OC)cccc1C1Nc2ccccc2NC2=C1C(=O)CC(c1ccc(OC(C)C)c(OC)c1)C2. The van der Waals surface area contributed by atoms with E-state index in [1.54, 1.807) is 14.2 Å². The van der Waals surface area contributed by atoms with Crippen molar-refractivity contribution in [2.45, 2.75) is 58.1 Å². The van der Waals surface area contributed by atoms with Gasteiger partial charge in [-0.2, -0.15) is 0 Å². The second-order valence-electron chi connectivity index (χ2n) is 10.5. The molecular formula is C33H38N2O5. The van der Waals surface area contributed by atoms with Crippen molar-refractivity contribution in [3.63, 3.8) is 0 Å². The molecule has 7 nitrogen and oxygen atoms in total. The first kappa shape index (κ1) is 27.4. The molecule has 3 aromatic carbocycles. The van der Waals surface area contributed by atoms with Gasteiger partial charge in [0.15, 0.2) is 28.8 Å². The number of allylic oxidation sites excluding steroid dienone is 1. The number of carbonyl (C=O) groups excluding carboxylic acids is 1. The third-order valence-electron chi connectivity index (χ3n) is 7.32. The first-order chi connectivity index (χ1) is 19.4. The molecule has 2 atom stereocenters. The molecule has 2 aliphatic rings. The Morgan fingerprint density at radius 1 is 0.900 bits per heavy atom. The van der Waals surface area contributed by atoms with Gasteiger partial charge in [0.1, 0.15) is 0 Å². The largest absolute Gasteiger partial charge is 0.493 e.